The fourth-order valence-electron chi connectivity index (χ4n) is 3.47. The van der Waals surface area contributed by atoms with Crippen molar-refractivity contribution in [2.45, 2.75) is 13.0 Å². The Balaban J connectivity index is 1.52. The largest absolute Gasteiger partial charge is 0.393 e. The Labute approximate surface area is 148 Å². The van der Waals surface area contributed by atoms with Crippen LogP contribution in [-0.4, -0.2) is 59.6 Å². The Morgan fingerprint density at radius 1 is 1.00 bits per heavy atom. The summed E-state index contributed by atoms with van der Waals surface area (Å²) in [4.78, 5) is 13.4. The lowest BCUT2D eigenvalue weighted by Crippen LogP contribution is -2.47. The van der Waals surface area contributed by atoms with Crippen molar-refractivity contribution in [3.8, 4) is 0 Å². The van der Waals surface area contributed by atoms with Crippen molar-refractivity contribution >= 4 is 17.3 Å². The Hall–Kier alpha value is -2.38. The maximum Gasteiger partial charge on any atom is 0.169 e. The van der Waals surface area contributed by atoms with Crippen LogP contribution in [0.3, 0.4) is 0 Å². The molecule has 4 rings (SSSR count). The van der Waals surface area contributed by atoms with E-state index in [-0.39, 0.29) is 0 Å². The molecule has 0 radical (unpaired) electrons. The molecule has 25 heavy (non-hydrogen) atoms. The first-order chi connectivity index (χ1) is 12.2. The second kappa shape index (κ2) is 6.85. The summed E-state index contributed by atoms with van der Waals surface area (Å²) in [7, 11) is 2.14. The van der Waals surface area contributed by atoms with Gasteiger partial charge in [0.05, 0.1) is 0 Å². The van der Waals surface area contributed by atoms with Gasteiger partial charge in [-0.15, -0.1) is 0 Å². The molecular weight excluding hydrogens is 314 g/mol. The molecule has 0 saturated carbocycles. The quantitative estimate of drug-likeness (QED) is 0.870. The third-order valence-electron chi connectivity index (χ3n) is 5.06. The number of nitrogens with one attached hydrogen (secondary N) is 1. The molecule has 0 aliphatic carbocycles. The van der Waals surface area contributed by atoms with Crippen molar-refractivity contribution in [2.75, 3.05) is 55.8 Å². The Kier molecular flexibility index (Phi) is 4.42. The van der Waals surface area contributed by atoms with E-state index in [0.29, 0.717) is 11.5 Å². The fraction of sp³-hybridized carbons (Fsp3) is 0.444. The van der Waals surface area contributed by atoms with Crippen LogP contribution < -0.4 is 16.1 Å². The highest BCUT2D eigenvalue weighted by Crippen LogP contribution is 2.30. The van der Waals surface area contributed by atoms with Gasteiger partial charge in [0.25, 0.3) is 0 Å². The van der Waals surface area contributed by atoms with Gasteiger partial charge < -0.3 is 21.0 Å². The first-order valence-electron chi connectivity index (χ1n) is 8.83. The van der Waals surface area contributed by atoms with Gasteiger partial charge in [0.15, 0.2) is 11.6 Å². The van der Waals surface area contributed by atoms with Gasteiger partial charge in [-0.2, -0.15) is 0 Å². The van der Waals surface area contributed by atoms with Crippen molar-refractivity contribution in [2.24, 2.45) is 0 Å². The van der Waals surface area contributed by atoms with Crippen LogP contribution in [0.4, 0.5) is 17.3 Å². The lowest BCUT2D eigenvalue weighted by molar-refractivity contribution is 0.178. The number of hydrogen-bond acceptors (Lipinski definition) is 7. The SMILES string of the molecule is CN1CCN(Nc2ncnc(N3CCc4ccccc4C3)c2N)CC1. The minimum absolute atomic E-state index is 0.626. The van der Waals surface area contributed by atoms with Gasteiger partial charge in [-0.1, -0.05) is 24.3 Å². The van der Waals surface area contributed by atoms with E-state index >= 15 is 0 Å². The number of hydrogen-bond donors (Lipinski definition) is 2. The average Bonchev–Trinajstić information content (AvgIpc) is 2.65. The van der Waals surface area contributed by atoms with Crippen LogP contribution >= 0.6 is 0 Å². The summed E-state index contributed by atoms with van der Waals surface area (Å²) >= 11 is 0. The molecule has 1 aromatic carbocycles. The van der Waals surface area contributed by atoms with E-state index in [1.807, 2.05) is 0 Å². The van der Waals surface area contributed by atoms with Crippen molar-refractivity contribution in [1.29, 1.82) is 0 Å². The molecule has 132 valence electrons. The number of likely N-dealkylation sites (N-methyl/N-ethyl adjacent to an activating group) is 1. The number of nitrogens with zero attached hydrogens (tertiary/aromatic N) is 5. The molecule has 1 aromatic heterocycles. The fourth-order valence-corrected chi connectivity index (χ4v) is 3.47. The van der Waals surface area contributed by atoms with Crippen LogP contribution in [0.15, 0.2) is 30.6 Å². The molecule has 2 aromatic rings. The standard InChI is InChI=1S/C18H25N7/c1-23-8-10-25(11-9-23)22-17-16(19)18(21-13-20-17)24-7-6-14-4-2-3-5-15(14)12-24/h2-5,13H,6-12,19H2,1H3,(H,20,21,22). The van der Waals surface area contributed by atoms with Crippen LogP contribution in [0, 0.1) is 0 Å². The topological polar surface area (TPSA) is 73.5 Å². The highest BCUT2D eigenvalue weighted by molar-refractivity contribution is 5.75. The Morgan fingerprint density at radius 2 is 1.76 bits per heavy atom. The summed E-state index contributed by atoms with van der Waals surface area (Å²) in [6, 6.07) is 8.58. The lowest BCUT2D eigenvalue weighted by atomic mass is 10.00. The average molecular weight is 339 g/mol. The monoisotopic (exact) mass is 339 g/mol. The minimum Gasteiger partial charge on any atom is -0.393 e. The Bertz CT molecular complexity index is 740. The number of piperazine rings is 1. The van der Waals surface area contributed by atoms with Gasteiger partial charge in [0, 0.05) is 39.3 Å². The van der Waals surface area contributed by atoms with Gasteiger partial charge in [-0.25, -0.2) is 15.0 Å². The molecular formula is C18H25N7. The predicted molar refractivity (Wildman–Crippen MR) is 100 cm³/mol. The second-order valence-electron chi connectivity index (χ2n) is 6.80. The molecule has 2 aliphatic heterocycles. The molecule has 3 heterocycles. The maximum atomic E-state index is 6.41. The van der Waals surface area contributed by atoms with Crippen molar-refractivity contribution in [3.63, 3.8) is 0 Å². The molecule has 2 aliphatic rings. The number of fused-ring (bicyclic) bond motifs is 1. The number of rotatable bonds is 3. The van der Waals surface area contributed by atoms with Crippen LogP contribution in [-0.2, 0) is 13.0 Å². The first-order valence-corrected chi connectivity index (χ1v) is 8.83. The molecule has 7 nitrogen and oxygen atoms in total. The molecule has 0 spiro atoms. The zero-order valence-electron chi connectivity index (χ0n) is 14.6. The molecule has 7 heteroatoms. The van der Waals surface area contributed by atoms with E-state index < -0.39 is 0 Å². The van der Waals surface area contributed by atoms with Gasteiger partial charge in [0.1, 0.15) is 12.0 Å². The number of hydrazine groups is 1. The number of nitrogen functional groups attached to an aromatic ring is 1. The van der Waals surface area contributed by atoms with Crippen molar-refractivity contribution in [3.05, 3.63) is 41.7 Å². The van der Waals surface area contributed by atoms with E-state index in [1.165, 1.54) is 11.1 Å². The summed E-state index contributed by atoms with van der Waals surface area (Å²) in [5.74, 6) is 1.52. The summed E-state index contributed by atoms with van der Waals surface area (Å²) in [6.45, 7) is 5.73. The van der Waals surface area contributed by atoms with Gasteiger partial charge in [0.2, 0.25) is 0 Å². The summed E-state index contributed by atoms with van der Waals surface area (Å²) in [6.07, 6.45) is 2.62. The summed E-state index contributed by atoms with van der Waals surface area (Å²) < 4.78 is 0. The zero-order chi connectivity index (χ0) is 17.2. The van der Waals surface area contributed by atoms with Crippen molar-refractivity contribution < 1.29 is 0 Å². The summed E-state index contributed by atoms with van der Waals surface area (Å²) in [5, 5.41) is 2.17. The van der Waals surface area contributed by atoms with Gasteiger partial charge >= 0.3 is 0 Å². The maximum absolute atomic E-state index is 6.41. The molecule has 3 N–H and O–H groups in total. The van der Waals surface area contributed by atoms with Crippen LogP contribution in [0.2, 0.25) is 0 Å². The van der Waals surface area contributed by atoms with E-state index in [4.69, 9.17) is 5.73 Å². The highest BCUT2D eigenvalue weighted by atomic mass is 15.5. The predicted octanol–water partition coefficient (Wildman–Crippen LogP) is 1.20. The number of benzene rings is 1. The van der Waals surface area contributed by atoms with E-state index in [2.05, 4.69) is 61.5 Å². The number of anilines is 3. The Morgan fingerprint density at radius 3 is 2.56 bits per heavy atom. The zero-order valence-corrected chi connectivity index (χ0v) is 14.6. The highest BCUT2D eigenvalue weighted by Gasteiger charge is 2.22. The normalized spacial score (nSPS) is 18.8. The van der Waals surface area contributed by atoms with Crippen LogP contribution in [0.5, 0.6) is 0 Å². The molecule has 0 bridgehead atoms. The third kappa shape index (κ3) is 3.38. The van der Waals surface area contributed by atoms with E-state index in [0.717, 1.165) is 51.5 Å². The molecule has 0 unspecified atom stereocenters. The molecule has 1 saturated heterocycles. The number of nitrogens with two attached hydrogens (primary N) is 1. The molecule has 1 fully saturated rings. The minimum atomic E-state index is 0.626. The van der Waals surface area contributed by atoms with Crippen LogP contribution in [0.1, 0.15) is 11.1 Å². The smallest absolute Gasteiger partial charge is 0.169 e. The van der Waals surface area contributed by atoms with Gasteiger partial charge in [-0.3, -0.25) is 0 Å². The van der Waals surface area contributed by atoms with Crippen LogP contribution in [0.25, 0.3) is 0 Å². The van der Waals surface area contributed by atoms with E-state index in [9.17, 15) is 0 Å². The number of aromatic nitrogens is 2. The molecule has 0 atom stereocenters. The van der Waals surface area contributed by atoms with Gasteiger partial charge in [-0.05, 0) is 24.6 Å². The first kappa shape index (κ1) is 16.1. The van der Waals surface area contributed by atoms with E-state index in [1.54, 1.807) is 6.33 Å². The molecule has 0 amide bonds. The lowest BCUT2D eigenvalue weighted by Gasteiger charge is -2.34. The van der Waals surface area contributed by atoms with Crippen molar-refractivity contribution in [1.82, 2.24) is 19.9 Å². The third-order valence-corrected chi connectivity index (χ3v) is 5.06. The summed E-state index contributed by atoms with van der Waals surface area (Å²) in [5.41, 5.74) is 13.2. The second-order valence-corrected chi connectivity index (χ2v) is 6.80.